The molecule has 0 aromatic heterocycles. The van der Waals surface area contributed by atoms with Gasteiger partial charge in [-0.2, -0.15) is 5.26 Å². The van der Waals surface area contributed by atoms with E-state index in [0.29, 0.717) is 11.3 Å². The number of anilines is 1. The summed E-state index contributed by atoms with van der Waals surface area (Å²) in [4.78, 5) is 0. The van der Waals surface area contributed by atoms with Gasteiger partial charge in [0.05, 0.1) is 23.4 Å². The van der Waals surface area contributed by atoms with Crippen LogP contribution in [0.3, 0.4) is 0 Å². The van der Waals surface area contributed by atoms with Gasteiger partial charge >= 0.3 is 0 Å². The van der Waals surface area contributed by atoms with Crippen LogP contribution < -0.4 is 5.32 Å². The fourth-order valence-corrected chi connectivity index (χ4v) is 0.977. The molecular formula is C11H9FN2. The third-order valence-corrected chi connectivity index (χ3v) is 1.72. The zero-order valence-electron chi connectivity index (χ0n) is 7.71. The third kappa shape index (κ3) is 2.24. The van der Waals surface area contributed by atoms with Crippen LogP contribution in [-0.4, -0.2) is 6.04 Å². The monoisotopic (exact) mass is 188 g/mol. The van der Waals surface area contributed by atoms with E-state index in [4.69, 9.17) is 11.7 Å². The van der Waals surface area contributed by atoms with Gasteiger partial charge in [-0.15, -0.1) is 6.42 Å². The lowest BCUT2D eigenvalue weighted by molar-refractivity contribution is 0.629. The van der Waals surface area contributed by atoms with E-state index in [1.807, 2.05) is 6.07 Å². The summed E-state index contributed by atoms with van der Waals surface area (Å²) in [7, 11) is 0. The Morgan fingerprint density at radius 2 is 2.29 bits per heavy atom. The molecule has 1 aromatic carbocycles. The molecule has 0 aliphatic heterocycles. The summed E-state index contributed by atoms with van der Waals surface area (Å²) >= 11 is 0. The van der Waals surface area contributed by atoms with Crippen LogP contribution in [0.4, 0.5) is 10.1 Å². The highest BCUT2D eigenvalue weighted by molar-refractivity contribution is 5.50. The molecule has 0 spiro atoms. The van der Waals surface area contributed by atoms with Crippen LogP contribution in [-0.2, 0) is 0 Å². The highest BCUT2D eigenvalue weighted by atomic mass is 19.1. The second-order valence-electron chi connectivity index (χ2n) is 2.84. The number of hydrogen-bond acceptors (Lipinski definition) is 2. The number of rotatable bonds is 2. The Balaban J connectivity index is 2.92. The largest absolute Gasteiger partial charge is 0.369 e. The number of benzene rings is 1. The van der Waals surface area contributed by atoms with Crippen molar-refractivity contribution in [2.45, 2.75) is 13.0 Å². The van der Waals surface area contributed by atoms with Crippen molar-refractivity contribution in [3.05, 3.63) is 29.6 Å². The molecule has 0 saturated carbocycles. The minimum Gasteiger partial charge on any atom is -0.369 e. The summed E-state index contributed by atoms with van der Waals surface area (Å²) in [6, 6.07) is 5.83. The fourth-order valence-electron chi connectivity index (χ4n) is 0.977. The summed E-state index contributed by atoms with van der Waals surface area (Å²) in [5.74, 6) is 1.96. The first-order valence-electron chi connectivity index (χ1n) is 4.09. The molecule has 0 aliphatic carbocycles. The van der Waals surface area contributed by atoms with Crippen molar-refractivity contribution in [2.75, 3.05) is 5.32 Å². The van der Waals surface area contributed by atoms with E-state index in [-0.39, 0.29) is 6.04 Å². The number of nitrogens with zero attached hydrogens (tertiary/aromatic N) is 1. The second kappa shape index (κ2) is 4.30. The molecule has 1 unspecified atom stereocenters. The van der Waals surface area contributed by atoms with Gasteiger partial charge in [0.1, 0.15) is 5.82 Å². The highest BCUT2D eigenvalue weighted by Crippen LogP contribution is 2.15. The standard InChI is InChI=1S/C11H9FN2/c1-3-8(2)14-11-5-4-9(7-13)6-10(11)12/h1,4-6,8,14H,2H3. The number of hydrogen-bond donors (Lipinski definition) is 1. The molecule has 0 bridgehead atoms. The lowest BCUT2D eigenvalue weighted by Gasteiger charge is -2.09. The van der Waals surface area contributed by atoms with E-state index in [1.165, 1.54) is 18.2 Å². The summed E-state index contributed by atoms with van der Waals surface area (Å²) in [5.41, 5.74) is 0.607. The number of nitriles is 1. The Morgan fingerprint density at radius 1 is 1.57 bits per heavy atom. The molecule has 0 amide bonds. The summed E-state index contributed by atoms with van der Waals surface area (Å²) in [6.07, 6.45) is 5.14. The SMILES string of the molecule is C#CC(C)Nc1ccc(C#N)cc1F. The molecule has 0 saturated heterocycles. The predicted octanol–water partition coefficient (Wildman–Crippen LogP) is 2.13. The summed E-state index contributed by atoms with van der Waals surface area (Å²) in [6.45, 7) is 1.75. The lowest BCUT2D eigenvalue weighted by Crippen LogP contribution is -2.13. The Morgan fingerprint density at radius 3 is 2.79 bits per heavy atom. The van der Waals surface area contributed by atoms with Gasteiger partial charge in [-0.05, 0) is 25.1 Å². The zero-order valence-corrected chi connectivity index (χ0v) is 7.71. The van der Waals surface area contributed by atoms with E-state index in [2.05, 4.69) is 11.2 Å². The summed E-state index contributed by atoms with van der Waals surface area (Å²) < 4.78 is 13.3. The van der Waals surface area contributed by atoms with Crippen molar-refractivity contribution in [3.8, 4) is 18.4 Å². The number of nitrogens with one attached hydrogen (secondary N) is 1. The average molecular weight is 188 g/mol. The molecule has 0 aliphatic rings. The van der Waals surface area contributed by atoms with Crippen molar-refractivity contribution in [1.29, 1.82) is 5.26 Å². The maximum absolute atomic E-state index is 13.3. The minimum absolute atomic E-state index is 0.238. The molecule has 0 radical (unpaired) electrons. The minimum atomic E-state index is -0.467. The van der Waals surface area contributed by atoms with Gasteiger partial charge in [0.2, 0.25) is 0 Å². The first-order chi connectivity index (χ1) is 6.67. The average Bonchev–Trinajstić information content (AvgIpc) is 2.20. The zero-order chi connectivity index (χ0) is 10.6. The first-order valence-corrected chi connectivity index (χ1v) is 4.09. The van der Waals surface area contributed by atoms with Gasteiger partial charge in [0.15, 0.2) is 0 Å². The molecule has 1 atom stereocenters. The van der Waals surface area contributed by atoms with Crippen LogP contribution in [0.1, 0.15) is 12.5 Å². The molecule has 1 N–H and O–H groups in total. The smallest absolute Gasteiger partial charge is 0.147 e. The van der Waals surface area contributed by atoms with Gasteiger partial charge in [0, 0.05) is 0 Å². The molecule has 1 rings (SSSR count). The maximum atomic E-state index is 13.3. The first kappa shape index (κ1) is 10.1. The van der Waals surface area contributed by atoms with E-state index < -0.39 is 5.82 Å². The van der Waals surface area contributed by atoms with E-state index in [1.54, 1.807) is 6.92 Å². The molecule has 1 aromatic rings. The van der Waals surface area contributed by atoms with Crippen LogP contribution in [0.5, 0.6) is 0 Å². The molecular weight excluding hydrogens is 179 g/mol. The summed E-state index contributed by atoms with van der Waals surface area (Å²) in [5, 5.41) is 11.3. The molecule has 70 valence electrons. The van der Waals surface area contributed by atoms with Gasteiger partial charge in [-0.3, -0.25) is 0 Å². The van der Waals surface area contributed by atoms with Crippen molar-refractivity contribution in [2.24, 2.45) is 0 Å². The second-order valence-corrected chi connectivity index (χ2v) is 2.84. The Kier molecular flexibility index (Phi) is 3.09. The Hall–Kier alpha value is -2.00. The van der Waals surface area contributed by atoms with Crippen molar-refractivity contribution in [3.63, 3.8) is 0 Å². The quantitative estimate of drug-likeness (QED) is 0.721. The number of terminal acetylenes is 1. The normalized spacial score (nSPS) is 11.1. The fraction of sp³-hybridized carbons (Fsp3) is 0.182. The van der Waals surface area contributed by atoms with Crippen molar-refractivity contribution in [1.82, 2.24) is 0 Å². The number of halogens is 1. The van der Waals surface area contributed by atoms with Crippen molar-refractivity contribution >= 4 is 5.69 Å². The van der Waals surface area contributed by atoms with Gasteiger partial charge in [0.25, 0.3) is 0 Å². The van der Waals surface area contributed by atoms with E-state index in [9.17, 15) is 4.39 Å². The van der Waals surface area contributed by atoms with Crippen LogP contribution >= 0.6 is 0 Å². The van der Waals surface area contributed by atoms with Crippen LogP contribution in [0.2, 0.25) is 0 Å². The lowest BCUT2D eigenvalue weighted by atomic mass is 10.2. The van der Waals surface area contributed by atoms with E-state index >= 15 is 0 Å². The van der Waals surface area contributed by atoms with Crippen molar-refractivity contribution < 1.29 is 4.39 Å². The maximum Gasteiger partial charge on any atom is 0.147 e. The van der Waals surface area contributed by atoms with Gasteiger partial charge < -0.3 is 5.32 Å². The van der Waals surface area contributed by atoms with Crippen LogP contribution in [0.25, 0.3) is 0 Å². The molecule has 0 fully saturated rings. The van der Waals surface area contributed by atoms with Crippen LogP contribution in [0, 0.1) is 29.5 Å². The van der Waals surface area contributed by atoms with Gasteiger partial charge in [-0.1, -0.05) is 5.92 Å². The molecule has 0 heterocycles. The highest BCUT2D eigenvalue weighted by Gasteiger charge is 2.04. The van der Waals surface area contributed by atoms with Crippen LogP contribution in [0.15, 0.2) is 18.2 Å². The van der Waals surface area contributed by atoms with Gasteiger partial charge in [-0.25, -0.2) is 4.39 Å². The third-order valence-electron chi connectivity index (χ3n) is 1.72. The Bertz CT molecular complexity index is 412. The Labute approximate surface area is 82.4 Å². The predicted molar refractivity (Wildman–Crippen MR) is 53.0 cm³/mol. The van der Waals surface area contributed by atoms with E-state index in [0.717, 1.165) is 0 Å². The molecule has 2 nitrogen and oxygen atoms in total. The molecule has 14 heavy (non-hydrogen) atoms. The topological polar surface area (TPSA) is 35.8 Å². The molecule has 3 heteroatoms.